The summed E-state index contributed by atoms with van der Waals surface area (Å²) in [6.07, 6.45) is 0.801. The van der Waals surface area contributed by atoms with Crippen molar-refractivity contribution in [2.45, 2.75) is 12.8 Å². The fraction of sp³-hybridized carbons (Fsp3) is 0.357. The average molecular weight is 264 g/mol. The average Bonchev–Trinajstić information content (AvgIpc) is 2.35. The number of hydrogen-bond donors (Lipinski definition) is 0. The van der Waals surface area contributed by atoms with Gasteiger partial charge in [-0.15, -0.1) is 0 Å². The van der Waals surface area contributed by atoms with Crippen LogP contribution in [0.2, 0.25) is 0 Å². The molecular weight excluding hydrogens is 247 g/mol. The number of ketones is 1. The topological polar surface area (TPSA) is 43.4 Å². The Morgan fingerprint density at radius 2 is 2.00 bits per heavy atom. The zero-order valence-corrected chi connectivity index (χ0v) is 11.6. The van der Waals surface area contributed by atoms with Crippen LogP contribution in [0.4, 0.5) is 0 Å². The van der Waals surface area contributed by atoms with E-state index < -0.39 is 7.37 Å². The third-order valence-corrected chi connectivity index (χ3v) is 4.08. The maximum atomic E-state index is 11.6. The van der Waals surface area contributed by atoms with E-state index in [1.165, 1.54) is 13.8 Å². The molecule has 0 aliphatic heterocycles. The lowest BCUT2D eigenvalue weighted by molar-refractivity contribution is -0.116. The van der Waals surface area contributed by atoms with E-state index in [-0.39, 0.29) is 11.9 Å². The van der Waals surface area contributed by atoms with Crippen LogP contribution >= 0.6 is 7.37 Å². The van der Waals surface area contributed by atoms with Gasteiger partial charge in [-0.25, -0.2) is 0 Å². The van der Waals surface area contributed by atoms with Crippen molar-refractivity contribution < 1.29 is 13.9 Å². The van der Waals surface area contributed by atoms with E-state index in [2.05, 4.69) is 11.8 Å². The van der Waals surface area contributed by atoms with Gasteiger partial charge in [-0.2, -0.15) is 0 Å². The summed E-state index contributed by atoms with van der Waals surface area (Å²) in [6, 6.07) is 9.60. The van der Waals surface area contributed by atoms with E-state index >= 15 is 0 Å². The molecule has 0 heterocycles. The normalized spacial score (nSPS) is 13.2. The van der Waals surface area contributed by atoms with Crippen LogP contribution in [0.5, 0.6) is 0 Å². The second-order valence-electron chi connectivity index (χ2n) is 4.06. The highest BCUT2D eigenvalue weighted by Crippen LogP contribution is 2.41. The minimum Gasteiger partial charge on any atom is -0.332 e. The van der Waals surface area contributed by atoms with E-state index in [4.69, 9.17) is 4.52 Å². The highest BCUT2D eigenvalue weighted by molar-refractivity contribution is 7.59. The molecule has 1 atom stereocenters. The van der Waals surface area contributed by atoms with Crippen LogP contribution in [0.15, 0.2) is 30.3 Å². The fourth-order valence-electron chi connectivity index (χ4n) is 1.35. The van der Waals surface area contributed by atoms with Crippen molar-refractivity contribution in [1.82, 2.24) is 0 Å². The first-order chi connectivity index (χ1) is 8.53. The largest absolute Gasteiger partial charge is 0.332 e. The molecule has 96 valence electrons. The SMILES string of the molecule is COP(C)(=O)CC(=O)CCC#Cc1ccccc1. The van der Waals surface area contributed by atoms with Crippen molar-refractivity contribution >= 4 is 13.2 Å². The molecule has 0 radical (unpaired) electrons. The van der Waals surface area contributed by atoms with E-state index in [1.807, 2.05) is 30.3 Å². The van der Waals surface area contributed by atoms with Crippen LogP contribution in [0.1, 0.15) is 18.4 Å². The minimum absolute atomic E-state index is 0.00346. The summed E-state index contributed by atoms with van der Waals surface area (Å²) in [5.41, 5.74) is 0.933. The predicted molar refractivity (Wildman–Crippen MR) is 73.0 cm³/mol. The Labute approximate surface area is 108 Å². The Bertz CT molecular complexity index is 497. The highest BCUT2D eigenvalue weighted by Gasteiger charge is 2.18. The van der Waals surface area contributed by atoms with Crippen LogP contribution in [-0.2, 0) is 13.9 Å². The second kappa shape index (κ2) is 7.16. The molecule has 0 fully saturated rings. The van der Waals surface area contributed by atoms with Gasteiger partial charge in [0.1, 0.15) is 5.78 Å². The van der Waals surface area contributed by atoms with Gasteiger partial charge >= 0.3 is 0 Å². The zero-order valence-electron chi connectivity index (χ0n) is 10.7. The lowest BCUT2D eigenvalue weighted by Gasteiger charge is -2.08. The molecule has 0 saturated carbocycles. The van der Waals surface area contributed by atoms with Crippen LogP contribution in [0, 0.1) is 11.8 Å². The molecule has 0 aliphatic rings. The molecule has 1 unspecified atom stereocenters. The third kappa shape index (κ3) is 5.82. The maximum absolute atomic E-state index is 11.6. The Morgan fingerprint density at radius 1 is 1.33 bits per heavy atom. The first kappa shape index (κ1) is 14.7. The van der Waals surface area contributed by atoms with Crippen molar-refractivity contribution in [2.24, 2.45) is 0 Å². The molecule has 0 saturated heterocycles. The predicted octanol–water partition coefficient (Wildman–Crippen LogP) is 2.94. The molecule has 0 N–H and O–H groups in total. The van der Waals surface area contributed by atoms with E-state index in [1.54, 1.807) is 0 Å². The zero-order chi connectivity index (χ0) is 13.4. The standard InChI is InChI=1S/C14H17O3P/c1-17-18(2,16)12-14(15)11-7-6-10-13-8-4-3-5-9-13/h3-5,8-9H,7,11-12H2,1-2H3. The molecule has 0 bridgehead atoms. The van der Waals surface area contributed by atoms with Gasteiger partial charge in [0.05, 0.1) is 6.16 Å². The maximum Gasteiger partial charge on any atom is 0.207 e. The Kier molecular flexibility index (Phi) is 5.85. The van der Waals surface area contributed by atoms with Crippen LogP contribution in [0.3, 0.4) is 0 Å². The molecule has 4 heteroatoms. The number of benzene rings is 1. The number of Topliss-reactive ketones (excluding diaryl/α,β-unsaturated/α-hetero) is 1. The summed E-state index contributed by atoms with van der Waals surface area (Å²) >= 11 is 0. The van der Waals surface area contributed by atoms with Gasteiger partial charge in [0.15, 0.2) is 0 Å². The van der Waals surface area contributed by atoms with Crippen molar-refractivity contribution in [3.05, 3.63) is 35.9 Å². The van der Waals surface area contributed by atoms with Gasteiger partial charge in [0.2, 0.25) is 7.37 Å². The summed E-state index contributed by atoms with van der Waals surface area (Å²) in [6.45, 7) is 1.47. The molecule has 3 nitrogen and oxygen atoms in total. The van der Waals surface area contributed by atoms with Crippen molar-refractivity contribution in [3.63, 3.8) is 0 Å². The van der Waals surface area contributed by atoms with E-state index in [0.717, 1.165) is 5.56 Å². The van der Waals surface area contributed by atoms with Crippen molar-refractivity contribution in [3.8, 4) is 11.8 Å². The van der Waals surface area contributed by atoms with E-state index in [9.17, 15) is 9.36 Å². The molecule has 0 amide bonds. The molecular formula is C14H17O3P. The fourth-order valence-corrected chi connectivity index (χ4v) is 2.28. The number of carbonyl (C=O) groups excluding carboxylic acids is 1. The molecule has 1 rings (SSSR count). The number of carbonyl (C=O) groups is 1. The van der Waals surface area contributed by atoms with Crippen LogP contribution in [0.25, 0.3) is 0 Å². The molecule has 0 aromatic heterocycles. The van der Waals surface area contributed by atoms with Crippen molar-refractivity contribution in [2.75, 3.05) is 19.9 Å². The third-order valence-electron chi connectivity index (χ3n) is 2.39. The monoisotopic (exact) mass is 264 g/mol. The Morgan fingerprint density at radius 3 is 2.61 bits per heavy atom. The minimum atomic E-state index is -2.73. The quantitative estimate of drug-likeness (QED) is 0.606. The van der Waals surface area contributed by atoms with Gasteiger partial charge in [-0.1, -0.05) is 30.0 Å². The van der Waals surface area contributed by atoms with Gasteiger partial charge < -0.3 is 4.52 Å². The summed E-state index contributed by atoms with van der Waals surface area (Å²) in [7, 11) is -1.37. The number of hydrogen-bond acceptors (Lipinski definition) is 3. The summed E-state index contributed by atoms with van der Waals surface area (Å²) in [4.78, 5) is 11.5. The summed E-state index contributed by atoms with van der Waals surface area (Å²) in [5, 5.41) is 0. The van der Waals surface area contributed by atoms with Gasteiger partial charge in [-0.05, 0) is 12.1 Å². The second-order valence-corrected chi connectivity index (χ2v) is 6.77. The lowest BCUT2D eigenvalue weighted by Crippen LogP contribution is -2.05. The molecule has 18 heavy (non-hydrogen) atoms. The van der Waals surface area contributed by atoms with Crippen molar-refractivity contribution in [1.29, 1.82) is 0 Å². The van der Waals surface area contributed by atoms with Gasteiger partial charge in [0.25, 0.3) is 0 Å². The molecule has 0 spiro atoms. The smallest absolute Gasteiger partial charge is 0.207 e. The molecule has 0 aliphatic carbocycles. The van der Waals surface area contributed by atoms with Gasteiger partial charge in [0, 0.05) is 32.2 Å². The highest BCUT2D eigenvalue weighted by atomic mass is 31.2. The Hall–Kier alpha value is -1.36. The van der Waals surface area contributed by atoms with Crippen LogP contribution < -0.4 is 0 Å². The van der Waals surface area contributed by atoms with E-state index in [0.29, 0.717) is 12.8 Å². The summed E-state index contributed by atoms with van der Waals surface area (Å²) in [5.74, 6) is 5.84. The lowest BCUT2D eigenvalue weighted by atomic mass is 10.2. The van der Waals surface area contributed by atoms with Crippen LogP contribution in [-0.4, -0.2) is 25.7 Å². The Balaban J connectivity index is 2.37. The first-order valence-corrected chi connectivity index (χ1v) is 7.97. The molecule has 1 aromatic carbocycles. The van der Waals surface area contributed by atoms with Gasteiger partial charge in [-0.3, -0.25) is 9.36 Å². The summed E-state index contributed by atoms with van der Waals surface area (Å²) < 4.78 is 16.4. The first-order valence-electron chi connectivity index (χ1n) is 5.71. The molecule has 1 aromatic rings. The number of rotatable bonds is 5.